The summed E-state index contributed by atoms with van der Waals surface area (Å²) < 4.78 is 94.1. The van der Waals surface area contributed by atoms with Gasteiger partial charge < -0.3 is 15.2 Å². The number of aryl methyl sites for hydroxylation is 2. The SMILES string of the molecule is COc1ccc(CCS(=O)(=O)Nc2nn(C)c3c(-n4c(C(Cc5cc(F)cc(F)c5)NC(=O)O)nc5nc(-c6ccc(F)cc6F)ccc5c4=O)ccc(Cl)c23)cc1. The van der Waals surface area contributed by atoms with E-state index in [-0.39, 0.29) is 73.3 Å². The Balaban J connectivity index is 1.41. The van der Waals surface area contributed by atoms with Gasteiger partial charge in [-0.15, -0.1) is 0 Å². The van der Waals surface area contributed by atoms with E-state index < -0.39 is 57.4 Å². The van der Waals surface area contributed by atoms with Crippen molar-refractivity contribution in [3.8, 4) is 22.7 Å². The Bertz CT molecular complexity index is 2910. The number of methoxy groups -OCH3 is 1. The lowest BCUT2D eigenvalue weighted by atomic mass is 10.0. The number of hydrogen-bond acceptors (Lipinski definition) is 8. The number of hydrogen-bond donors (Lipinski definition) is 3. The number of nitrogens with one attached hydrogen (secondary N) is 2. The van der Waals surface area contributed by atoms with E-state index in [2.05, 4.69) is 25.1 Å². The lowest BCUT2D eigenvalue weighted by Crippen LogP contribution is -2.35. The largest absolute Gasteiger partial charge is 0.497 e. The molecule has 7 aromatic rings. The smallest absolute Gasteiger partial charge is 0.405 e. The summed E-state index contributed by atoms with van der Waals surface area (Å²) >= 11 is 6.68. The molecule has 0 aliphatic heterocycles. The highest BCUT2D eigenvalue weighted by Gasteiger charge is 2.28. The normalized spacial score (nSPS) is 12.2. The molecule has 1 amide bonds. The molecule has 1 unspecified atom stereocenters. The standard InChI is InChI=1S/C39H30ClF4N7O6S/c1-50-34-32(12-10-28(40)33(34)36(48-50)49-58(55,56)14-13-20-3-6-25(57-2)7-4-20)51-37(31(46-39(53)54)17-21-15-23(42)18-24(43)16-21)47-35-27(38(51)52)9-11-30(45-35)26-8-5-22(41)19-29(26)44/h3-12,15-16,18-19,31,46H,13-14,17H2,1-2H3,(H,48,49)(H,53,54). The molecule has 13 nitrogen and oxygen atoms in total. The van der Waals surface area contributed by atoms with Gasteiger partial charge in [0.1, 0.15) is 34.8 Å². The highest BCUT2D eigenvalue weighted by Crippen LogP contribution is 2.36. The van der Waals surface area contributed by atoms with Crippen molar-refractivity contribution in [2.75, 3.05) is 17.6 Å². The van der Waals surface area contributed by atoms with Crippen molar-refractivity contribution in [3.05, 3.63) is 141 Å². The Morgan fingerprint density at radius 3 is 2.31 bits per heavy atom. The highest BCUT2D eigenvalue weighted by atomic mass is 35.5. The van der Waals surface area contributed by atoms with Gasteiger partial charge in [0, 0.05) is 31.2 Å². The minimum absolute atomic E-state index is 0.00347. The van der Waals surface area contributed by atoms with Gasteiger partial charge in [0.15, 0.2) is 11.5 Å². The van der Waals surface area contributed by atoms with Gasteiger partial charge in [-0.1, -0.05) is 23.7 Å². The summed E-state index contributed by atoms with van der Waals surface area (Å²) in [6.45, 7) is 0. The Morgan fingerprint density at radius 1 is 0.914 bits per heavy atom. The number of ether oxygens (including phenoxy) is 1. The molecule has 3 heterocycles. The van der Waals surface area contributed by atoms with E-state index >= 15 is 0 Å². The van der Waals surface area contributed by atoms with E-state index in [1.165, 1.54) is 43.1 Å². The molecule has 0 aliphatic carbocycles. The number of halogens is 5. The van der Waals surface area contributed by atoms with Crippen molar-refractivity contribution in [2.24, 2.45) is 7.05 Å². The molecule has 0 spiro atoms. The van der Waals surface area contributed by atoms with Gasteiger partial charge in [0.2, 0.25) is 10.0 Å². The molecule has 58 heavy (non-hydrogen) atoms. The van der Waals surface area contributed by atoms with Crippen LogP contribution in [-0.2, 0) is 29.9 Å². The van der Waals surface area contributed by atoms with Crippen LogP contribution in [0.1, 0.15) is 23.0 Å². The van der Waals surface area contributed by atoms with Gasteiger partial charge in [-0.25, -0.2) is 40.7 Å². The van der Waals surface area contributed by atoms with Gasteiger partial charge in [-0.05, 0) is 78.2 Å². The maximum atomic E-state index is 14.9. The van der Waals surface area contributed by atoms with E-state index in [1.54, 1.807) is 24.3 Å². The molecule has 0 radical (unpaired) electrons. The lowest BCUT2D eigenvalue weighted by Gasteiger charge is -2.22. The molecule has 0 bridgehead atoms. The summed E-state index contributed by atoms with van der Waals surface area (Å²) in [5, 5.41) is 16.6. The third kappa shape index (κ3) is 8.14. The molecule has 4 aromatic carbocycles. The summed E-state index contributed by atoms with van der Waals surface area (Å²) in [6.07, 6.45) is -1.89. The fraction of sp³-hybridized carbons (Fsp3) is 0.154. The molecule has 3 aromatic heterocycles. The maximum Gasteiger partial charge on any atom is 0.405 e. The predicted octanol–water partition coefficient (Wildman–Crippen LogP) is 7.09. The highest BCUT2D eigenvalue weighted by molar-refractivity contribution is 7.92. The van der Waals surface area contributed by atoms with Crippen molar-refractivity contribution >= 4 is 55.5 Å². The minimum Gasteiger partial charge on any atom is -0.497 e. The molecular formula is C39H30ClF4N7O6S. The van der Waals surface area contributed by atoms with Crippen molar-refractivity contribution in [3.63, 3.8) is 0 Å². The number of benzene rings is 4. The summed E-state index contributed by atoms with van der Waals surface area (Å²) in [4.78, 5) is 35.9. The zero-order valence-corrected chi connectivity index (χ0v) is 31.9. The van der Waals surface area contributed by atoms with Crippen LogP contribution in [0.25, 0.3) is 38.9 Å². The Morgan fingerprint density at radius 2 is 1.64 bits per heavy atom. The number of pyridine rings is 1. The molecule has 0 fully saturated rings. The van der Waals surface area contributed by atoms with Crippen molar-refractivity contribution in [1.82, 2.24) is 29.6 Å². The van der Waals surface area contributed by atoms with E-state index in [0.29, 0.717) is 17.9 Å². The number of carboxylic acid groups (broad SMARTS) is 1. The number of anilines is 1. The topological polar surface area (TPSA) is 170 Å². The fourth-order valence-electron chi connectivity index (χ4n) is 6.57. The number of rotatable bonds is 12. The quantitative estimate of drug-likeness (QED) is 0.109. The second-order valence-corrected chi connectivity index (χ2v) is 15.3. The van der Waals surface area contributed by atoms with Crippen molar-refractivity contribution < 1.29 is 40.6 Å². The number of carbonyl (C=O) groups is 1. The van der Waals surface area contributed by atoms with Gasteiger partial charge in [0.05, 0.1) is 51.6 Å². The molecule has 19 heteroatoms. The van der Waals surface area contributed by atoms with E-state index in [4.69, 9.17) is 16.3 Å². The van der Waals surface area contributed by atoms with Crippen LogP contribution in [0.2, 0.25) is 5.02 Å². The third-order valence-corrected chi connectivity index (χ3v) is 10.7. The number of nitrogens with zero attached hydrogens (tertiary/aromatic N) is 5. The number of aromatic nitrogens is 5. The monoisotopic (exact) mass is 835 g/mol. The summed E-state index contributed by atoms with van der Waals surface area (Å²) in [5.74, 6) is -3.93. The van der Waals surface area contributed by atoms with Crippen LogP contribution in [0, 0.1) is 23.3 Å². The molecule has 0 aliphatic rings. The average Bonchev–Trinajstić information content (AvgIpc) is 3.48. The van der Waals surface area contributed by atoms with Gasteiger partial charge in [0.25, 0.3) is 5.56 Å². The molecule has 1 atom stereocenters. The summed E-state index contributed by atoms with van der Waals surface area (Å²) in [5.41, 5.74) is -0.450. The van der Waals surface area contributed by atoms with Gasteiger partial charge in [-0.2, -0.15) is 5.10 Å². The average molecular weight is 836 g/mol. The van der Waals surface area contributed by atoms with Crippen LogP contribution in [0.15, 0.2) is 89.7 Å². The molecule has 3 N–H and O–H groups in total. The summed E-state index contributed by atoms with van der Waals surface area (Å²) in [6, 6.07) is 16.2. The van der Waals surface area contributed by atoms with Crippen LogP contribution in [-0.4, -0.2) is 56.8 Å². The zero-order valence-electron chi connectivity index (χ0n) is 30.3. The molecule has 298 valence electrons. The first-order valence-electron chi connectivity index (χ1n) is 17.2. The first-order chi connectivity index (χ1) is 27.6. The number of amides is 1. The fourth-order valence-corrected chi connectivity index (χ4v) is 7.86. The van der Waals surface area contributed by atoms with Crippen LogP contribution in [0.3, 0.4) is 0 Å². The first kappa shape index (κ1) is 39.7. The van der Waals surface area contributed by atoms with E-state index in [0.717, 1.165) is 34.4 Å². The molecule has 0 saturated heterocycles. The Hall–Kier alpha value is -6.53. The van der Waals surface area contributed by atoms with Crippen LogP contribution < -0.4 is 20.3 Å². The van der Waals surface area contributed by atoms with E-state index in [1.807, 2.05) is 0 Å². The van der Waals surface area contributed by atoms with Gasteiger partial charge in [-0.3, -0.25) is 18.8 Å². The van der Waals surface area contributed by atoms with Crippen molar-refractivity contribution in [1.29, 1.82) is 0 Å². The van der Waals surface area contributed by atoms with E-state index in [9.17, 15) is 40.7 Å². The predicted molar refractivity (Wildman–Crippen MR) is 208 cm³/mol. The van der Waals surface area contributed by atoms with Crippen LogP contribution in [0.5, 0.6) is 5.75 Å². The second-order valence-electron chi connectivity index (χ2n) is 13.1. The molecule has 7 rings (SSSR count). The maximum absolute atomic E-state index is 14.9. The Kier molecular flexibility index (Phi) is 10.8. The number of fused-ring (bicyclic) bond motifs is 2. The molecule has 0 saturated carbocycles. The minimum atomic E-state index is -4.06. The Labute approximate surface area is 331 Å². The molecular weight excluding hydrogens is 806 g/mol. The zero-order chi connectivity index (χ0) is 41.5. The lowest BCUT2D eigenvalue weighted by molar-refractivity contribution is 0.189. The van der Waals surface area contributed by atoms with Gasteiger partial charge >= 0.3 is 6.09 Å². The second kappa shape index (κ2) is 15.8. The van der Waals surface area contributed by atoms with Crippen molar-refractivity contribution in [2.45, 2.75) is 18.9 Å². The number of sulfonamides is 1. The summed E-state index contributed by atoms with van der Waals surface area (Å²) in [7, 11) is -1.08. The third-order valence-electron chi connectivity index (χ3n) is 9.16. The van der Waals surface area contributed by atoms with Crippen LogP contribution in [0.4, 0.5) is 28.2 Å². The first-order valence-corrected chi connectivity index (χ1v) is 19.3. The van der Waals surface area contributed by atoms with Crippen LogP contribution >= 0.6 is 11.6 Å².